The van der Waals surface area contributed by atoms with E-state index in [4.69, 9.17) is 0 Å². The zero-order valence-electron chi connectivity index (χ0n) is 9.61. The van der Waals surface area contributed by atoms with Crippen molar-refractivity contribution in [3.8, 4) is 0 Å². The summed E-state index contributed by atoms with van der Waals surface area (Å²) in [4.78, 5) is 0. The van der Waals surface area contributed by atoms with Gasteiger partial charge >= 0.3 is 0 Å². The Bertz CT molecular complexity index is 258. The molecular formula is C13H21NO. The second-order valence-electron chi connectivity index (χ2n) is 4.18. The van der Waals surface area contributed by atoms with E-state index >= 15 is 0 Å². The number of aliphatic hydroxyl groups is 1. The third-order valence-corrected chi connectivity index (χ3v) is 2.44. The van der Waals surface area contributed by atoms with Gasteiger partial charge < -0.3 is 10.4 Å². The molecule has 2 atom stereocenters. The van der Waals surface area contributed by atoms with Crippen LogP contribution in [0.5, 0.6) is 0 Å². The molecule has 0 aromatic heterocycles. The van der Waals surface area contributed by atoms with Crippen molar-refractivity contribution >= 4 is 0 Å². The fraction of sp³-hybridized carbons (Fsp3) is 0.538. The summed E-state index contributed by atoms with van der Waals surface area (Å²) in [6.07, 6.45) is 1.64. The van der Waals surface area contributed by atoms with Crippen molar-refractivity contribution in [3.05, 3.63) is 35.9 Å². The minimum atomic E-state index is -0.218. The zero-order valence-corrected chi connectivity index (χ0v) is 9.61. The average Bonchev–Trinajstić information content (AvgIpc) is 2.18. The molecule has 0 aliphatic heterocycles. The van der Waals surface area contributed by atoms with E-state index in [1.165, 1.54) is 5.56 Å². The zero-order chi connectivity index (χ0) is 11.1. The van der Waals surface area contributed by atoms with Crippen LogP contribution in [0.15, 0.2) is 30.3 Å². The molecule has 0 heterocycles. The first-order valence-corrected chi connectivity index (χ1v) is 5.64. The van der Waals surface area contributed by atoms with Crippen LogP contribution in [0.1, 0.15) is 25.8 Å². The van der Waals surface area contributed by atoms with Crippen LogP contribution in [0, 0.1) is 0 Å². The highest BCUT2D eigenvalue weighted by atomic mass is 16.3. The summed E-state index contributed by atoms with van der Waals surface area (Å²) in [5, 5.41) is 12.6. The normalized spacial score (nSPS) is 14.9. The van der Waals surface area contributed by atoms with Gasteiger partial charge in [0, 0.05) is 6.04 Å². The van der Waals surface area contributed by atoms with E-state index in [2.05, 4.69) is 36.5 Å². The van der Waals surface area contributed by atoms with Gasteiger partial charge in [0.1, 0.15) is 0 Å². The number of hydrogen-bond acceptors (Lipinski definition) is 2. The van der Waals surface area contributed by atoms with Gasteiger partial charge in [-0.15, -0.1) is 0 Å². The number of aliphatic hydroxyl groups excluding tert-OH is 1. The van der Waals surface area contributed by atoms with E-state index in [1.807, 2.05) is 13.0 Å². The number of benzene rings is 1. The molecule has 0 aliphatic rings. The molecule has 84 valence electrons. The Balaban J connectivity index is 2.16. The Morgan fingerprint density at radius 2 is 1.87 bits per heavy atom. The molecule has 2 nitrogen and oxygen atoms in total. The molecule has 0 spiro atoms. The predicted octanol–water partition coefficient (Wildman–Crippen LogP) is 1.98. The maximum atomic E-state index is 9.20. The molecule has 1 aromatic carbocycles. The van der Waals surface area contributed by atoms with Crippen LogP contribution in [0.25, 0.3) is 0 Å². The molecule has 0 fully saturated rings. The third-order valence-electron chi connectivity index (χ3n) is 2.44. The molecule has 2 unspecified atom stereocenters. The van der Waals surface area contributed by atoms with Crippen LogP contribution >= 0.6 is 0 Å². The molecule has 1 rings (SSSR count). The highest BCUT2D eigenvalue weighted by molar-refractivity contribution is 5.14. The topological polar surface area (TPSA) is 32.3 Å². The molecule has 2 heteroatoms. The van der Waals surface area contributed by atoms with Gasteiger partial charge in [-0.25, -0.2) is 0 Å². The van der Waals surface area contributed by atoms with E-state index in [-0.39, 0.29) is 6.10 Å². The fourth-order valence-corrected chi connectivity index (χ4v) is 1.70. The van der Waals surface area contributed by atoms with Gasteiger partial charge in [-0.3, -0.25) is 0 Å². The second-order valence-corrected chi connectivity index (χ2v) is 4.18. The van der Waals surface area contributed by atoms with Crippen molar-refractivity contribution in [1.29, 1.82) is 0 Å². The van der Waals surface area contributed by atoms with Crippen LogP contribution < -0.4 is 5.32 Å². The first-order chi connectivity index (χ1) is 7.18. The number of rotatable bonds is 6. The summed E-state index contributed by atoms with van der Waals surface area (Å²) in [6, 6.07) is 10.8. The summed E-state index contributed by atoms with van der Waals surface area (Å²) in [6.45, 7) is 4.91. The minimum Gasteiger partial charge on any atom is -0.393 e. The van der Waals surface area contributed by atoms with E-state index in [1.54, 1.807) is 0 Å². The van der Waals surface area contributed by atoms with Crippen LogP contribution in [-0.2, 0) is 6.42 Å². The van der Waals surface area contributed by atoms with Gasteiger partial charge in [0.2, 0.25) is 0 Å². The molecule has 1 aromatic rings. The van der Waals surface area contributed by atoms with E-state index in [0.29, 0.717) is 6.04 Å². The van der Waals surface area contributed by atoms with Crippen LogP contribution in [0.2, 0.25) is 0 Å². The number of hydrogen-bond donors (Lipinski definition) is 2. The standard InChI is InChI=1S/C13H21NO/c1-11(10-12(2)15)14-9-8-13-6-4-3-5-7-13/h3-7,11-12,14-15H,8-10H2,1-2H3. The monoisotopic (exact) mass is 207 g/mol. The van der Waals surface area contributed by atoms with Crippen molar-refractivity contribution in [2.75, 3.05) is 6.54 Å². The molecule has 0 saturated heterocycles. The highest BCUT2D eigenvalue weighted by Gasteiger charge is 2.04. The molecular weight excluding hydrogens is 186 g/mol. The fourth-order valence-electron chi connectivity index (χ4n) is 1.70. The van der Waals surface area contributed by atoms with Gasteiger partial charge in [0.15, 0.2) is 0 Å². The molecule has 0 saturated carbocycles. The Labute approximate surface area is 92.3 Å². The SMILES string of the molecule is CC(O)CC(C)NCCc1ccccc1. The van der Waals surface area contributed by atoms with E-state index < -0.39 is 0 Å². The number of nitrogens with one attached hydrogen (secondary N) is 1. The van der Waals surface area contributed by atoms with Gasteiger partial charge in [-0.1, -0.05) is 30.3 Å². The lowest BCUT2D eigenvalue weighted by molar-refractivity contribution is 0.171. The molecule has 15 heavy (non-hydrogen) atoms. The predicted molar refractivity (Wildman–Crippen MR) is 63.9 cm³/mol. The van der Waals surface area contributed by atoms with Gasteiger partial charge in [-0.2, -0.15) is 0 Å². The van der Waals surface area contributed by atoms with Crippen molar-refractivity contribution in [1.82, 2.24) is 5.32 Å². The lowest BCUT2D eigenvalue weighted by Gasteiger charge is -2.15. The molecule has 0 amide bonds. The smallest absolute Gasteiger partial charge is 0.0526 e. The Morgan fingerprint density at radius 1 is 1.20 bits per heavy atom. The summed E-state index contributed by atoms with van der Waals surface area (Å²) in [5.41, 5.74) is 1.36. The maximum absolute atomic E-state index is 9.20. The first-order valence-electron chi connectivity index (χ1n) is 5.64. The van der Waals surface area contributed by atoms with Crippen molar-refractivity contribution in [2.24, 2.45) is 0 Å². The third kappa shape index (κ3) is 5.55. The lowest BCUT2D eigenvalue weighted by atomic mass is 10.1. The molecule has 0 bridgehead atoms. The summed E-state index contributed by atoms with van der Waals surface area (Å²) < 4.78 is 0. The van der Waals surface area contributed by atoms with Crippen molar-refractivity contribution in [2.45, 2.75) is 38.8 Å². The summed E-state index contributed by atoms with van der Waals surface area (Å²) in [5.74, 6) is 0. The van der Waals surface area contributed by atoms with E-state index in [9.17, 15) is 5.11 Å². The van der Waals surface area contributed by atoms with Crippen molar-refractivity contribution in [3.63, 3.8) is 0 Å². The summed E-state index contributed by atoms with van der Waals surface area (Å²) >= 11 is 0. The largest absolute Gasteiger partial charge is 0.393 e. The second kappa shape index (κ2) is 6.59. The Hall–Kier alpha value is -0.860. The van der Waals surface area contributed by atoms with Gasteiger partial charge in [0.25, 0.3) is 0 Å². The van der Waals surface area contributed by atoms with Crippen molar-refractivity contribution < 1.29 is 5.11 Å². The summed E-state index contributed by atoms with van der Waals surface area (Å²) in [7, 11) is 0. The highest BCUT2D eigenvalue weighted by Crippen LogP contribution is 2.00. The maximum Gasteiger partial charge on any atom is 0.0526 e. The van der Waals surface area contributed by atoms with Gasteiger partial charge in [0.05, 0.1) is 6.10 Å². The van der Waals surface area contributed by atoms with Gasteiger partial charge in [-0.05, 0) is 38.8 Å². The minimum absolute atomic E-state index is 0.218. The van der Waals surface area contributed by atoms with Crippen LogP contribution in [0.3, 0.4) is 0 Å². The molecule has 0 aliphatic carbocycles. The lowest BCUT2D eigenvalue weighted by Crippen LogP contribution is -2.30. The first kappa shape index (κ1) is 12.2. The van der Waals surface area contributed by atoms with Crippen LogP contribution in [0.4, 0.5) is 0 Å². The Kier molecular flexibility index (Phi) is 5.37. The quantitative estimate of drug-likeness (QED) is 0.747. The molecule has 2 N–H and O–H groups in total. The average molecular weight is 207 g/mol. The Morgan fingerprint density at radius 3 is 2.47 bits per heavy atom. The van der Waals surface area contributed by atoms with E-state index in [0.717, 1.165) is 19.4 Å². The van der Waals surface area contributed by atoms with Crippen LogP contribution in [-0.4, -0.2) is 23.8 Å². The molecule has 0 radical (unpaired) electrons.